The molecule has 0 radical (unpaired) electrons. The number of hydrogen-bond acceptors (Lipinski definition) is 2. The SMILES string of the molecule is CCCc1ccc(S(=O)(=O)NCc2cc(F)cc(C(F)(F)F)c2)cc1. The van der Waals surface area contributed by atoms with E-state index in [1.165, 1.54) is 12.1 Å². The Hall–Kier alpha value is -1.93. The van der Waals surface area contributed by atoms with Gasteiger partial charge in [-0.3, -0.25) is 0 Å². The fraction of sp³-hybridized carbons (Fsp3) is 0.294. The van der Waals surface area contributed by atoms with Crippen molar-refractivity contribution < 1.29 is 26.0 Å². The van der Waals surface area contributed by atoms with Gasteiger partial charge in [0.05, 0.1) is 10.5 Å². The molecule has 0 aliphatic rings. The second-order valence-electron chi connectivity index (χ2n) is 5.56. The van der Waals surface area contributed by atoms with E-state index in [1.54, 1.807) is 12.1 Å². The van der Waals surface area contributed by atoms with Crippen molar-refractivity contribution >= 4 is 10.0 Å². The number of aryl methyl sites for hydroxylation is 1. The molecule has 0 aromatic heterocycles. The van der Waals surface area contributed by atoms with Crippen LogP contribution in [0.4, 0.5) is 17.6 Å². The average molecular weight is 375 g/mol. The van der Waals surface area contributed by atoms with Crippen LogP contribution in [0.3, 0.4) is 0 Å². The van der Waals surface area contributed by atoms with Crippen molar-refractivity contribution in [1.29, 1.82) is 0 Å². The summed E-state index contributed by atoms with van der Waals surface area (Å²) >= 11 is 0. The maximum Gasteiger partial charge on any atom is 0.416 e. The summed E-state index contributed by atoms with van der Waals surface area (Å²) in [6.45, 7) is 1.56. The van der Waals surface area contributed by atoms with Crippen molar-refractivity contribution in [2.75, 3.05) is 0 Å². The van der Waals surface area contributed by atoms with Gasteiger partial charge in [0.1, 0.15) is 5.82 Å². The van der Waals surface area contributed by atoms with Crippen LogP contribution in [0.1, 0.15) is 30.0 Å². The number of benzene rings is 2. The number of alkyl halides is 3. The average Bonchev–Trinajstić information content (AvgIpc) is 2.53. The Morgan fingerprint density at radius 3 is 2.20 bits per heavy atom. The lowest BCUT2D eigenvalue weighted by Crippen LogP contribution is -2.23. The Balaban J connectivity index is 2.15. The highest BCUT2D eigenvalue weighted by atomic mass is 32.2. The molecule has 1 N–H and O–H groups in total. The molecule has 0 aliphatic carbocycles. The third-order valence-electron chi connectivity index (χ3n) is 3.52. The molecule has 0 heterocycles. The Morgan fingerprint density at radius 1 is 1.00 bits per heavy atom. The van der Waals surface area contributed by atoms with Gasteiger partial charge < -0.3 is 0 Å². The van der Waals surface area contributed by atoms with Crippen molar-refractivity contribution in [3.05, 3.63) is 65.0 Å². The van der Waals surface area contributed by atoms with Gasteiger partial charge in [0.2, 0.25) is 10.0 Å². The number of halogens is 4. The molecule has 0 saturated heterocycles. The summed E-state index contributed by atoms with van der Waals surface area (Å²) in [6.07, 6.45) is -2.96. The van der Waals surface area contributed by atoms with Gasteiger partial charge in [0.25, 0.3) is 0 Å². The highest BCUT2D eigenvalue weighted by Crippen LogP contribution is 2.30. The summed E-state index contributed by atoms with van der Waals surface area (Å²) in [7, 11) is -3.91. The molecule has 3 nitrogen and oxygen atoms in total. The summed E-state index contributed by atoms with van der Waals surface area (Å²) in [5.41, 5.74) is -0.287. The number of rotatable bonds is 6. The van der Waals surface area contributed by atoms with Gasteiger partial charge in [-0.05, 0) is 47.9 Å². The van der Waals surface area contributed by atoms with Crippen LogP contribution in [0.2, 0.25) is 0 Å². The molecule has 8 heteroatoms. The monoisotopic (exact) mass is 375 g/mol. The second kappa shape index (κ2) is 7.53. The van der Waals surface area contributed by atoms with Crippen molar-refractivity contribution in [1.82, 2.24) is 4.72 Å². The van der Waals surface area contributed by atoms with Crippen LogP contribution in [-0.2, 0) is 29.2 Å². The summed E-state index contributed by atoms with van der Waals surface area (Å²) in [6, 6.07) is 8.17. The molecule has 0 amide bonds. The highest BCUT2D eigenvalue weighted by molar-refractivity contribution is 7.89. The predicted octanol–water partition coefficient (Wildman–Crippen LogP) is 4.28. The first kappa shape index (κ1) is 19.4. The summed E-state index contributed by atoms with van der Waals surface area (Å²) < 4.78 is 78.0. The van der Waals surface area contributed by atoms with Crippen LogP contribution in [-0.4, -0.2) is 8.42 Å². The van der Waals surface area contributed by atoms with E-state index in [-0.39, 0.29) is 10.5 Å². The van der Waals surface area contributed by atoms with Gasteiger partial charge in [-0.15, -0.1) is 0 Å². The van der Waals surface area contributed by atoms with Gasteiger partial charge in [-0.1, -0.05) is 25.5 Å². The smallest absolute Gasteiger partial charge is 0.207 e. The molecule has 25 heavy (non-hydrogen) atoms. The fourth-order valence-corrected chi connectivity index (χ4v) is 3.32. The lowest BCUT2D eigenvalue weighted by molar-refractivity contribution is -0.137. The zero-order valence-corrected chi connectivity index (χ0v) is 14.2. The standard InChI is InChI=1S/C17H17F4NO2S/c1-2-3-12-4-6-16(7-5-12)25(23,24)22-11-13-8-14(17(19,20)21)10-15(18)9-13/h4-10,22H,2-3,11H2,1H3. The second-order valence-corrected chi connectivity index (χ2v) is 7.33. The first-order valence-electron chi connectivity index (χ1n) is 7.57. The van der Waals surface area contributed by atoms with E-state index in [2.05, 4.69) is 4.72 Å². The Bertz CT molecular complexity index is 831. The minimum Gasteiger partial charge on any atom is -0.207 e. The van der Waals surface area contributed by atoms with Gasteiger partial charge in [0, 0.05) is 6.54 Å². The molecule has 0 unspecified atom stereocenters. The molecular weight excluding hydrogens is 358 g/mol. The lowest BCUT2D eigenvalue weighted by atomic mass is 10.1. The zero-order valence-electron chi connectivity index (χ0n) is 13.4. The lowest BCUT2D eigenvalue weighted by Gasteiger charge is -2.11. The van der Waals surface area contributed by atoms with Crippen LogP contribution in [0.15, 0.2) is 47.4 Å². The molecule has 2 rings (SSSR count). The van der Waals surface area contributed by atoms with Crippen LogP contribution in [0, 0.1) is 5.82 Å². The van der Waals surface area contributed by atoms with E-state index in [0.717, 1.165) is 30.5 Å². The van der Waals surface area contributed by atoms with Crippen molar-refractivity contribution in [2.24, 2.45) is 0 Å². The molecule has 0 saturated carbocycles. The third-order valence-corrected chi connectivity index (χ3v) is 4.94. The highest BCUT2D eigenvalue weighted by Gasteiger charge is 2.31. The largest absolute Gasteiger partial charge is 0.416 e. The first-order valence-corrected chi connectivity index (χ1v) is 9.05. The molecule has 0 atom stereocenters. The summed E-state index contributed by atoms with van der Waals surface area (Å²) in [4.78, 5) is -0.000184. The van der Waals surface area contributed by atoms with Gasteiger partial charge in [-0.25, -0.2) is 17.5 Å². The third kappa shape index (κ3) is 5.27. The van der Waals surface area contributed by atoms with Gasteiger partial charge in [0.15, 0.2) is 0 Å². The van der Waals surface area contributed by atoms with E-state index < -0.39 is 34.1 Å². The first-order chi connectivity index (χ1) is 11.6. The number of nitrogens with one attached hydrogen (secondary N) is 1. The number of sulfonamides is 1. The van der Waals surface area contributed by atoms with Crippen molar-refractivity contribution in [2.45, 2.75) is 37.4 Å². The quantitative estimate of drug-likeness (QED) is 0.767. The van der Waals surface area contributed by atoms with Gasteiger partial charge in [-0.2, -0.15) is 13.2 Å². The maximum absolute atomic E-state index is 13.3. The predicted molar refractivity (Wildman–Crippen MR) is 85.9 cm³/mol. The normalized spacial score (nSPS) is 12.4. The molecule has 136 valence electrons. The van der Waals surface area contributed by atoms with E-state index in [0.29, 0.717) is 6.07 Å². The molecule has 0 bridgehead atoms. The number of hydrogen-bond donors (Lipinski definition) is 1. The molecular formula is C17H17F4NO2S. The Kier molecular flexibility index (Phi) is 5.84. The molecule has 2 aromatic carbocycles. The van der Waals surface area contributed by atoms with E-state index in [1.807, 2.05) is 6.92 Å². The Morgan fingerprint density at radius 2 is 1.64 bits per heavy atom. The minimum atomic E-state index is -4.70. The van der Waals surface area contributed by atoms with E-state index >= 15 is 0 Å². The summed E-state index contributed by atoms with van der Waals surface area (Å²) in [5, 5.41) is 0. The van der Waals surface area contributed by atoms with Crippen LogP contribution >= 0.6 is 0 Å². The van der Waals surface area contributed by atoms with Gasteiger partial charge >= 0.3 is 6.18 Å². The van der Waals surface area contributed by atoms with Crippen LogP contribution < -0.4 is 4.72 Å². The van der Waals surface area contributed by atoms with E-state index in [4.69, 9.17) is 0 Å². The minimum absolute atomic E-state index is 0.000184. The topological polar surface area (TPSA) is 46.2 Å². The fourth-order valence-electron chi connectivity index (χ4n) is 2.30. The molecule has 0 fully saturated rings. The molecule has 2 aromatic rings. The molecule has 0 aliphatic heterocycles. The Labute approximate surface area is 143 Å². The van der Waals surface area contributed by atoms with Crippen molar-refractivity contribution in [3.8, 4) is 0 Å². The zero-order chi connectivity index (χ0) is 18.7. The maximum atomic E-state index is 13.3. The van der Waals surface area contributed by atoms with Crippen LogP contribution in [0.25, 0.3) is 0 Å². The van der Waals surface area contributed by atoms with Crippen LogP contribution in [0.5, 0.6) is 0 Å². The molecule has 0 spiro atoms. The van der Waals surface area contributed by atoms with E-state index in [9.17, 15) is 26.0 Å². The summed E-state index contributed by atoms with van der Waals surface area (Å²) in [5.74, 6) is -1.08. The van der Waals surface area contributed by atoms with Crippen molar-refractivity contribution in [3.63, 3.8) is 0 Å².